The topological polar surface area (TPSA) is 119 Å². The number of hydrogen-bond acceptors (Lipinski definition) is 8. The molecule has 0 amide bonds. The van der Waals surface area contributed by atoms with Crippen LogP contribution in [0.5, 0.6) is 0 Å². The zero-order valence-electron chi connectivity index (χ0n) is 19.0. The van der Waals surface area contributed by atoms with E-state index in [0.29, 0.717) is 6.42 Å². The normalized spacial score (nSPS) is 30.5. The van der Waals surface area contributed by atoms with Crippen molar-refractivity contribution in [2.75, 3.05) is 13.2 Å². The molecule has 0 heterocycles. The first kappa shape index (κ1) is 30.6. The largest absolute Gasteiger partial charge is 1.00 e. The number of rotatable bonds is 10. The van der Waals surface area contributed by atoms with Gasteiger partial charge in [-0.1, -0.05) is 0 Å². The van der Waals surface area contributed by atoms with Crippen molar-refractivity contribution >= 4 is 22.1 Å². The van der Waals surface area contributed by atoms with Crippen LogP contribution in [-0.2, 0) is 33.9 Å². The van der Waals surface area contributed by atoms with Gasteiger partial charge in [-0.25, -0.2) is 13.2 Å². The number of hydrogen-bond donors (Lipinski definition) is 0. The van der Waals surface area contributed by atoms with Crippen LogP contribution in [0.25, 0.3) is 0 Å². The number of ether oxygens (including phenoxy) is 3. The third-order valence-corrected chi connectivity index (χ3v) is 7.61. The molecule has 0 radical (unpaired) electrons. The number of esters is 2. The summed E-state index contributed by atoms with van der Waals surface area (Å²) >= 11 is 0. The van der Waals surface area contributed by atoms with Crippen LogP contribution in [0.3, 0.4) is 0 Å². The van der Waals surface area contributed by atoms with Crippen LogP contribution in [-0.4, -0.2) is 61.0 Å². The van der Waals surface area contributed by atoms with Gasteiger partial charge in [-0.05, 0) is 57.3 Å². The van der Waals surface area contributed by atoms with E-state index in [4.69, 9.17) is 9.47 Å². The van der Waals surface area contributed by atoms with Crippen molar-refractivity contribution in [1.82, 2.24) is 0 Å². The first-order valence-corrected chi connectivity index (χ1v) is 11.9. The average molecular weight is 548 g/mol. The van der Waals surface area contributed by atoms with E-state index in [1.54, 1.807) is 0 Å². The quantitative estimate of drug-likeness (QED) is 0.165. The monoisotopic (exact) mass is 548 g/mol. The third-order valence-electron chi connectivity index (χ3n) is 6.69. The van der Waals surface area contributed by atoms with Crippen molar-refractivity contribution in [1.29, 1.82) is 0 Å². The standard InChI is InChI=1S/C19H24F6O8S.Na/c1-2-31-14(27)18(22,23)33-16-8-11-5-12(9-16)7-15(6-11,10-16)13(26)32-4-3-17(20,21)19(24,25)34(28,29)30;/h11-12H,2-10H2,1H3,(H,28,29,30);/q;+1/p-1. The number of carbonyl (C=O) groups excluding carboxylic acids is 2. The number of carbonyl (C=O) groups is 2. The van der Waals surface area contributed by atoms with E-state index in [9.17, 15) is 48.9 Å². The second kappa shape index (κ2) is 9.93. The summed E-state index contributed by atoms with van der Waals surface area (Å²) < 4.78 is 128. The van der Waals surface area contributed by atoms with Crippen molar-refractivity contribution < 1.29 is 92.7 Å². The van der Waals surface area contributed by atoms with E-state index in [0.717, 1.165) is 0 Å². The second-order valence-electron chi connectivity index (χ2n) is 9.32. The Morgan fingerprint density at radius 1 is 1.00 bits per heavy atom. The molecule has 4 rings (SSSR count). The summed E-state index contributed by atoms with van der Waals surface area (Å²) in [5, 5.41) is -5.91. The predicted octanol–water partition coefficient (Wildman–Crippen LogP) is 0.209. The first-order chi connectivity index (χ1) is 15.4. The minimum absolute atomic E-state index is 0. The van der Waals surface area contributed by atoms with Crippen LogP contribution in [0.4, 0.5) is 26.3 Å². The Bertz CT molecular complexity index is 930. The van der Waals surface area contributed by atoms with Gasteiger partial charge < -0.3 is 18.8 Å². The van der Waals surface area contributed by atoms with Crippen LogP contribution >= 0.6 is 0 Å². The minimum atomic E-state index is -6.68. The van der Waals surface area contributed by atoms with E-state index >= 15 is 0 Å². The fraction of sp³-hybridized carbons (Fsp3) is 0.895. The van der Waals surface area contributed by atoms with E-state index in [2.05, 4.69) is 4.74 Å². The van der Waals surface area contributed by atoms with Gasteiger partial charge in [0.05, 0.1) is 30.7 Å². The van der Waals surface area contributed by atoms with Gasteiger partial charge in [0.25, 0.3) is 0 Å². The van der Waals surface area contributed by atoms with E-state index in [-0.39, 0.29) is 80.1 Å². The Morgan fingerprint density at radius 2 is 1.54 bits per heavy atom. The summed E-state index contributed by atoms with van der Waals surface area (Å²) in [5.74, 6) is -8.82. The minimum Gasteiger partial charge on any atom is -0.743 e. The molecule has 196 valence electrons. The third kappa shape index (κ3) is 5.79. The van der Waals surface area contributed by atoms with Crippen molar-refractivity contribution in [3.63, 3.8) is 0 Å². The fourth-order valence-electron chi connectivity index (χ4n) is 5.82. The van der Waals surface area contributed by atoms with E-state index in [1.165, 1.54) is 6.92 Å². The molecule has 4 bridgehead atoms. The zero-order chi connectivity index (χ0) is 25.8. The Kier molecular flexibility index (Phi) is 8.69. The van der Waals surface area contributed by atoms with Crippen LogP contribution in [0.1, 0.15) is 51.9 Å². The summed E-state index contributed by atoms with van der Waals surface area (Å²) in [6, 6.07) is 0. The summed E-state index contributed by atoms with van der Waals surface area (Å²) in [5.41, 5.74) is -3.00. The van der Waals surface area contributed by atoms with Crippen molar-refractivity contribution in [2.24, 2.45) is 17.3 Å². The van der Waals surface area contributed by atoms with Crippen LogP contribution in [0, 0.1) is 17.3 Å². The molecule has 0 aromatic heterocycles. The molecule has 0 spiro atoms. The molecule has 2 unspecified atom stereocenters. The molecule has 35 heavy (non-hydrogen) atoms. The molecule has 0 aromatic carbocycles. The van der Waals surface area contributed by atoms with E-state index in [1.807, 2.05) is 0 Å². The Morgan fingerprint density at radius 3 is 2.03 bits per heavy atom. The van der Waals surface area contributed by atoms with Crippen LogP contribution in [0.2, 0.25) is 0 Å². The average Bonchev–Trinajstić information content (AvgIpc) is 2.65. The molecular formula is C19H23F6NaO8S. The summed E-state index contributed by atoms with van der Waals surface area (Å²) in [4.78, 5) is 24.4. The van der Waals surface area contributed by atoms with Crippen molar-refractivity contribution in [2.45, 2.75) is 74.8 Å². The Hall–Kier alpha value is -0.610. The maximum Gasteiger partial charge on any atom is 1.00 e. The molecule has 0 aliphatic heterocycles. The van der Waals surface area contributed by atoms with Crippen LogP contribution in [0.15, 0.2) is 0 Å². The van der Waals surface area contributed by atoms with Gasteiger partial charge in [-0.15, -0.1) is 0 Å². The number of halogens is 6. The van der Waals surface area contributed by atoms with E-state index < -0.39 is 63.4 Å². The van der Waals surface area contributed by atoms with Gasteiger partial charge in [0, 0.05) is 0 Å². The Balaban J connectivity index is 0.00000432. The summed E-state index contributed by atoms with van der Waals surface area (Å²) in [6.07, 6.45) is -5.36. The Labute approximate surface area is 219 Å². The molecule has 0 saturated heterocycles. The molecule has 16 heteroatoms. The molecule has 4 aliphatic carbocycles. The summed E-state index contributed by atoms with van der Waals surface area (Å²) in [6.45, 7) is -0.319. The van der Waals surface area contributed by atoms with Crippen LogP contribution < -0.4 is 29.6 Å². The van der Waals surface area contributed by atoms with Gasteiger partial charge in [0.15, 0.2) is 10.1 Å². The first-order valence-electron chi connectivity index (χ1n) is 10.5. The smallest absolute Gasteiger partial charge is 0.743 e. The molecule has 0 N–H and O–H groups in total. The number of alkyl halides is 6. The molecule has 2 atom stereocenters. The van der Waals surface area contributed by atoms with Gasteiger partial charge in [-0.2, -0.15) is 26.3 Å². The molecule has 0 aromatic rings. The molecular weight excluding hydrogens is 525 g/mol. The fourth-order valence-corrected chi connectivity index (χ4v) is 6.29. The SMILES string of the molecule is CCOC(=O)C(F)(F)OC12CC3CC(C1)CC(C(=O)OCCC(F)(F)C(F)(F)S(=O)(=O)[O-])(C3)C2.[Na+]. The summed E-state index contributed by atoms with van der Waals surface area (Å²) in [7, 11) is -6.68. The molecule has 4 fully saturated rings. The van der Waals surface area contributed by atoms with Crippen molar-refractivity contribution in [3.8, 4) is 0 Å². The van der Waals surface area contributed by atoms with Gasteiger partial charge >= 0.3 is 58.8 Å². The zero-order valence-corrected chi connectivity index (χ0v) is 21.8. The van der Waals surface area contributed by atoms with Gasteiger partial charge in [-0.3, -0.25) is 4.79 Å². The molecule has 4 aliphatic rings. The second-order valence-corrected chi connectivity index (χ2v) is 10.7. The van der Waals surface area contributed by atoms with Crippen molar-refractivity contribution in [3.05, 3.63) is 0 Å². The maximum atomic E-state index is 14.3. The molecule has 8 nitrogen and oxygen atoms in total. The maximum absolute atomic E-state index is 14.3. The van der Waals surface area contributed by atoms with Gasteiger partial charge in [0.1, 0.15) is 0 Å². The van der Waals surface area contributed by atoms with Gasteiger partial charge in [0.2, 0.25) is 0 Å². The molecule has 4 saturated carbocycles. The predicted molar refractivity (Wildman–Crippen MR) is 97.7 cm³/mol.